The summed E-state index contributed by atoms with van der Waals surface area (Å²) in [5.41, 5.74) is 20.5. The summed E-state index contributed by atoms with van der Waals surface area (Å²) in [6.07, 6.45) is 1.08. The summed E-state index contributed by atoms with van der Waals surface area (Å²) in [5.74, 6) is 0. The van der Waals surface area contributed by atoms with Gasteiger partial charge in [0, 0.05) is 25.4 Å². The van der Waals surface area contributed by atoms with E-state index in [4.69, 9.17) is 0 Å². The summed E-state index contributed by atoms with van der Waals surface area (Å²) in [4.78, 5) is 0. The minimum Gasteiger partial charge on any atom is -0.309 e. The third kappa shape index (κ3) is 9.17. The minimum atomic E-state index is 1.08. The monoisotopic (exact) mass is 961 g/mol. The molecule has 3 heteroatoms. The van der Waals surface area contributed by atoms with Gasteiger partial charge in [0.1, 0.15) is 0 Å². The van der Waals surface area contributed by atoms with Crippen LogP contribution >= 0.6 is 31.9 Å². The molecule has 0 atom stereocenters. The van der Waals surface area contributed by atoms with Crippen molar-refractivity contribution in [1.29, 1.82) is 0 Å². The van der Waals surface area contributed by atoms with Crippen molar-refractivity contribution in [3.63, 3.8) is 0 Å². The second-order valence-electron chi connectivity index (χ2n) is 16.5. The molecule has 0 radical (unpaired) electrons. The summed E-state index contributed by atoms with van der Waals surface area (Å²) in [7, 11) is 0. The van der Waals surface area contributed by atoms with Crippen molar-refractivity contribution in [2.75, 3.05) is 0 Å². The summed E-state index contributed by atoms with van der Waals surface area (Å²) < 4.78 is 4.64. The minimum absolute atomic E-state index is 1.08. The van der Waals surface area contributed by atoms with Crippen LogP contribution in [0.25, 0.3) is 83.1 Å². The molecular formula is C62H45Br2N. The van der Waals surface area contributed by atoms with Gasteiger partial charge >= 0.3 is 0 Å². The van der Waals surface area contributed by atoms with E-state index >= 15 is 0 Å². The number of benzene rings is 10. The number of para-hydroxylation sites is 1. The third-order valence-corrected chi connectivity index (χ3v) is 13.1. The number of halogens is 2. The molecule has 1 aliphatic rings. The van der Waals surface area contributed by atoms with Crippen molar-refractivity contribution >= 4 is 53.7 Å². The number of nitrogens with zero attached hydrogens (tertiary/aromatic N) is 1. The molecule has 12 rings (SSSR count). The van der Waals surface area contributed by atoms with Crippen LogP contribution in [0.2, 0.25) is 0 Å². The van der Waals surface area contributed by atoms with Gasteiger partial charge in [0.2, 0.25) is 0 Å². The Balaban J connectivity index is 0.000000127. The van der Waals surface area contributed by atoms with Crippen LogP contribution < -0.4 is 0 Å². The molecule has 0 N–H and O–H groups in total. The molecule has 11 aromatic rings. The molecule has 312 valence electrons. The Bertz CT molecular complexity index is 3290. The van der Waals surface area contributed by atoms with Gasteiger partial charge in [0.15, 0.2) is 0 Å². The van der Waals surface area contributed by atoms with Gasteiger partial charge in [-0.3, -0.25) is 0 Å². The molecule has 1 heterocycles. The molecule has 10 aromatic carbocycles. The zero-order valence-electron chi connectivity index (χ0n) is 36.0. The van der Waals surface area contributed by atoms with Crippen molar-refractivity contribution in [2.24, 2.45) is 0 Å². The highest BCUT2D eigenvalue weighted by atomic mass is 79.9. The first-order valence-electron chi connectivity index (χ1n) is 22.0. The molecule has 1 aromatic heterocycles. The summed E-state index contributed by atoms with van der Waals surface area (Å²) in [6, 6.07) is 86.3. The van der Waals surface area contributed by atoms with Crippen molar-refractivity contribution in [1.82, 2.24) is 4.57 Å². The normalized spacial score (nSPS) is 11.2. The number of hydrogen-bond acceptors (Lipinski definition) is 0. The quantitative estimate of drug-likeness (QED) is 0.162. The summed E-state index contributed by atoms with van der Waals surface area (Å²) >= 11 is 7.18. The van der Waals surface area contributed by atoms with E-state index in [1.165, 1.54) is 99.8 Å². The Morgan fingerprint density at radius 2 is 0.754 bits per heavy atom. The van der Waals surface area contributed by atoms with E-state index in [1.807, 2.05) is 0 Å². The number of fused-ring (bicyclic) bond motifs is 6. The zero-order valence-corrected chi connectivity index (χ0v) is 39.2. The van der Waals surface area contributed by atoms with Gasteiger partial charge in [-0.15, -0.1) is 0 Å². The summed E-state index contributed by atoms with van der Waals surface area (Å²) in [6.45, 7) is 2.15. The molecule has 1 nitrogen and oxygen atoms in total. The van der Waals surface area contributed by atoms with Crippen LogP contribution in [-0.4, -0.2) is 4.57 Å². The molecule has 0 saturated carbocycles. The lowest BCUT2D eigenvalue weighted by atomic mass is 9.97. The first-order chi connectivity index (χ1) is 31.9. The molecule has 0 aliphatic heterocycles. The molecule has 0 saturated heterocycles. The van der Waals surface area contributed by atoms with Gasteiger partial charge in [-0.1, -0.05) is 214 Å². The van der Waals surface area contributed by atoms with Crippen LogP contribution in [0, 0.1) is 6.92 Å². The molecule has 0 unspecified atom stereocenters. The second-order valence-corrected chi connectivity index (χ2v) is 18.3. The fourth-order valence-electron chi connectivity index (χ4n) is 9.03. The van der Waals surface area contributed by atoms with Crippen molar-refractivity contribution in [3.8, 4) is 61.3 Å². The lowest BCUT2D eigenvalue weighted by molar-refractivity contribution is 1.18. The molecular weight excluding hydrogens is 918 g/mol. The predicted molar refractivity (Wildman–Crippen MR) is 284 cm³/mol. The van der Waals surface area contributed by atoms with Crippen LogP contribution in [0.1, 0.15) is 16.7 Å². The van der Waals surface area contributed by atoms with Gasteiger partial charge in [-0.2, -0.15) is 0 Å². The average Bonchev–Trinajstić information content (AvgIpc) is 3.90. The van der Waals surface area contributed by atoms with Crippen LogP contribution in [0.5, 0.6) is 0 Å². The van der Waals surface area contributed by atoms with E-state index in [0.717, 1.165) is 15.4 Å². The highest BCUT2D eigenvalue weighted by Gasteiger charge is 2.18. The van der Waals surface area contributed by atoms with Crippen molar-refractivity contribution in [3.05, 3.63) is 268 Å². The third-order valence-electron chi connectivity index (χ3n) is 12.1. The lowest BCUT2D eigenvalue weighted by Crippen LogP contribution is -1.96. The molecule has 0 amide bonds. The molecule has 1 aliphatic carbocycles. The van der Waals surface area contributed by atoms with Gasteiger partial charge in [-0.25, -0.2) is 0 Å². The van der Waals surface area contributed by atoms with Crippen LogP contribution in [0.15, 0.2) is 252 Å². The first-order valence-corrected chi connectivity index (χ1v) is 23.6. The SMILES string of the molecule is Brc1ccc2c(c1)-c1ccccc1C2.Brc1ccc2c(c1)c1ccccc1n2-c1cc(-c2ccccc2)cc(-c2ccccc2)c1.Cc1cc(-c2ccccc2)cc(-c2ccccc2)c1. The fourth-order valence-corrected chi connectivity index (χ4v) is 9.75. The Hall–Kier alpha value is -7.04. The highest BCUT2D eigenvalue weighted by molar-refractivity contribution is 9.10. The molecule has 0 spiro atoms. The van der Waals surface area contributed by atoms with E-state index in [2.05, 4.69) is 286 Å². The van der Waals surface area contributed by atoms with Crippen molar-refractivity contribution < 1.29 is 0 Å². The van der Waals surface area contributed by atoms with Gasteiger partial charge in [-0.05, 0) is 146 Å². The zero-order chi connectivity index (χ0) is 44.1. The Labute approximate surface area is 398 Å². The van der Waals surface area contributed by atoms with E-state index < -0.39 is 0 Å². The maximum Gasteiger partial charge on any atom is 0.0541 e. The Morgan fingerprint density at radius 1 is 0.323 bits per heavy atom. The summed E-state index contributed by atoms with van der Waals surface area (Å²) in [5, 5.41) is 2.51. The maximum atomic E-state index is 3.66. The predicted octanol–water partition coefficient (Wildman–Crippen LogP) is 18.2. The smallest absolute Gasteiger partial charge is 0.0541 e. The van der Waals surface area contributed by atoms with E-state index in [1.54, 1.807) is 0 Å². The molecule has 65 heavy (non-hydrogen) atoms. The van der Waals surface area contributed by atoms with E-state index in [9.17, 15) is 0 Å². The molecule has 0 fully saturated rings. The van der Waals surface area contributed by atoms with Crippen LogP contribution in [-0.2, 0) is 6.42 Å². The number of hydrogen-bond donors (Lipinski definition) is 0. The number of aryl methyl sites for hydroxylation is 1. The van der Waals surface area contributed by atoms with E-state index in [-0.39, 0.29) is 0 Å². The van der Waals surface area contributed by atoms with Crippen molar-refractivity contribution in [2.45, 2.75) is 13.3 Å². The van der Waals surface area contributed by atoms with E-state index in [0.29, 0.717) is 0 Å². The van der Waals surface area contributed by atoms with Crippen LogP contribution in [0.4, 0.5) is 0 Å². The standard InChI is InChI=1S/C30H20BrN.C19H16.C13H9Br/c31-25-15-16-30-28(20-25)27-13-7-8-14-29(27)32(30)26-18-23(21-9-3-1-4-10-21)17-24(19-26)22-11-5-2-6-12-22;1-15-12-18(16-8-4-2-5-9-16)14-19(13-15)17-10-6-3-7-11-17;14-11-6-5-10-7-9-3-1-2-4-12(9)13(10)8-11/h1-20H;2-14H,1H3;1-6,8H,7H2. The van der Waals surface area contributed by atoms with Gasteiger partial charge in [0.25, 0.3) is 0 Å². The maximum absolute atomic E-state index is 3.66. The average molecular weight is 964 g/mol. The Morgan fingerprint density at radius 3 is 1.32 bits per heavy atom. The largest absolute Gasteiger partial charge is 0.309 e. The first kappa shape index (κ1) is 41.9. The topological polar surface area (TPSA) is 4.93 Å². The van der Waals surface area contributed by atoms with Gasteiger partial charge < -0.3 is 4.57 Å². The van der Waals surface area contributed by atoms with Gasteiger partial charge in [0.05, 0.1) is 11.0 Å². The number of rotatable bonds is 5. The highest BCUT2D eigenvalue weighted by Crippen LogP contribution is 2.39. The Kier molecular flexibility index (Phi) is 12.2. The second kappa shape index (κ2) is 19.0. The lowest BCUT2D eigenvalue weighted by Gasteiger charge is -2.14. The van der Waals surface area contributed by atoms with Crippen LogP contribution in [0.3, 0.4) is 0 Å². The number of aromatic nitrogens is 1. The molecule has 0 bridgehead atoms. The fraction of sp³-hybridized carbons (Fsp3) is 0.0323.